The van der Waals surface area contributed by atoms with Crippen LogP contribution in [0.5, 0.6) is 0 Å². The quantitative estimate of drug-likeness (QED) is 0.309. The van der Waals surface area contributed by atoms with Gasteiger partial charge in [-0.1, -0.05) is 65.7 Å². The van der Waals surface area contributed by atoms with E-state index in [2.05, 4.69) is 5.32 Å². The number of amides is 1. The molecule has 0 fully saturated rings. The molecule has 0 aliphatic carbocycles. The zero-order valence-corrected chi connectivity index (χ0v) is 21.9. The van der Waals surface area contributed by atoms with Crippen LogP contribution in [0.15, 0.2) is 84.9 Å². The third-order valence-electron chi connectivity index (χ3n) is 5.64. The predicted octanol–water partition coefficient (Wildman–Crippen LogP) is 5.20. The van der Waals surface area contributed by atoms with Gasteiger partial charge in [0.15, 0.2) is 0 Å². The minimum atomic E-state index is -2.63. The number of nitrogens with zero attached hydrogens (tertiary/aromatic N) is 1. The zero-order chi connectivity index (χ0) is 26.5. The molecule has 3 aromatic carbocycles. The fourth-order valence-corrected chi connectivity index (χ4v) is 4.62. The maximum atomic E-state index is 13.2. The van der Waals surface area contributed by atoms with E-state index in [1.54, 1.807) is 31.2 Å². The highest BCUT2D eigenvalue weighted by atomic mass is 35.5. The average Bonchev–Trinajstić information content (AvgIpc) is 3.32. The molecule has 1 aliphatic rings. The van der Waals surface area contributed by atoms with Crippen LogP contribution in [0.25, 0.3) is 0 Å². The number of rotatable bonds is 9. The number of halogens is 2. The fraction of sp³-hybridized carbons (Fsp3) is 0.192. The van der Waals surface area contributed by atoms with Crippen molar-refractivity contribution in [1.29, 1.82) is 0 Å². The number of benzene rings is 3. The molecule has 4 unspecified atom stereocenters. The average molecular weight is 563 g/mol. The van der Waals surface area contributed by atoms with E-state index in [4.69, 9.17) is 32.7 Å². The number of aliphatic hydroxyl groups is 1. The van der Waals surface area contributed by atoms with Crippen molar-refractivity contribution >= 4 is 46.1 Å². The summed E-state index contributed by atoms with van der Waals surface area (Å²) in [5.41, 5.74) is 1.58. The molecule has 0 bridgehead atoms. The molecule has 11 heteroatoms. The van der Waals surface area contributed by atoms with Crippen LogP contribution in [0.2, 0.25) is 10.0 Å². The number of aliphatic hydroxyl groups excluding tert-OH is 1. The van der Waals surface area contributed by atoms with Gasteiger partial charge >= 0.3 is 0 Å². The van der Waals surface area contributed by atoms with Crippen molar-refractivity contribution in [2.24, 2.45) is 0 Å². The molecule has 4 rings (SSSR count). The monoisotopic (exact) mass is 562 g/mol. The Bertz CT molecular complexity index is 1310. The van der Waals surface area contributed by atoms with Crippen LogP contribution in [0.3, 0.4) is 0 Å². The van der Waals surface area contributed by atoms with Crippen LogP contribution >= 0.6 is 23.2 Å². The molecule has 0 saturated heterocycles. The minimum Gasteiger partial charge on any atom is -0.456 e. The predicted molar refractivity (Wildman–Crippen MR) is 142 cm³/mol. The summed E-state index contributed by atoms with van der Waals surface area (Å²) < 4.78 is 34.8. The normalized spacial score (nSPS) is 17.1. The lowest BCUT2D eigenvalue weighted by Crippen LogP contribution is -2.38. The lowest BCUT2D eigenvalue weighted by Gasteiger charge is -2.25. The van der Waals surface area contributed by atoms with Gasteiger partial charge in [-0.3, -0.25) is 9.35 Å². The number of hydrogen-bond acceptors (Lipinski definition) is 5. The van der Waals surface area contributed by atoms with Gasteiger partial charge in [-0.15, -0.1) is 0 Å². The van der Waals surface area contributed by atoms with Crippen molar-refractivity contribution < 1.29 is 28.1 Å². The standard InChI is InChI=1S/C26H24Cl2N2O6S/c1-16(25(31)18-7-9-19(27)10-8-18)29-26(32)21-12-11-20(28)14-22(21)30(37(33)34)23-15-35-24(36-23)13-17-5-3-2-4-6-17/h2-12,14-16,24-25,31H,13H2,1H3,(H,29,32)(H,33,34). The van der Waals surface area contributed by atoms with Gasteiger partial charge in [0.2, 0.25) is 12.2 Å². The molecule has 8 nitrogen and oxygen atoms in total. The van der Waals surface area contributed by atoms with Crippen molar-refractivity contribution in [1.82, 2.24) is 5.32 Å². The molecule has 1 aliphatic heterocycles. The van der Waals surface area contributed by atoms with Crippen LogP contribution in [-0.4, -0.2) is 32.1 Å². The molecule has 4 atom stereocenters. The van der Waals surface area contributed by atoms with E-state index in [-0.39, 0.29) is 22.2 Å². The first kappa shape index (κ1) is 27.0. The summed E-state index contributed by atoms with van der Waals surface area (Å²) in [7, 11) is 0. The van der Waals surface area contributed by atoms with E-state index in [0.29, 0.717) is 17.0 Å². The maximum absolute atomic E-state index is 13.2. The zero-order valence-electron chi connectivity index (χ0n) is 19.6. The van der Waals surface area contributed by atoms with E-state index < -0.39 is 35.6 Å². The Morgan fingerprint density at radius 2 is 1.76 bits per heavy atom. The minimum absolute atomic E-state index is 0.0224. The third-order valence-corrected chi connectivity index (χ3v) is 6.82. The molecular formula is C26H24Cl2N2O6S. The third kappa shape index (κ3) is 6.63. The highest BCUT2D eigenvalue weighted by Gasteiger charge is 2.32. The van der Waals surface area contributed by atoms with Gasteiger partial charge in [-0.2, -0.15) is 0 Å². The van der Waals surface area contributed by atoms with Crippen molar-refractivity contribution in [2.75, 3.05) is 4.31 Å². The topological polar surface area (TPSA) is 108 Å². The summed E-state index contributed by atoms with van der Waals surface area (Å²) in [5, 5.41) is 14.2. The number of hydrogen-bond donors (Lipinski definition) is 3. The molecule has 0 spiro atoms. The van der Waals surface area contributed by atoms with E-state index >= 15 is 0 Å². The number of carbonyl (C=O) groups excluding carboxylic acids is 1. The van der Waals surface area contributed by atoms with Gasteiger partial charge in [0.1, 0.15) is 6.26 Å². The summed E-state index contributed by atoms with van der Waals surface area (Å²) in [6, 6.07) is 19.7. The van der Waals surface area contributed by atoms with Gasteiger partial charge in [0.25, 0.3) is 17.2 Å². The van der Waals surface area contributed by atoms with Gasteiger partial charge in [0, 0.05) is 16.5 Å². The van der Waals surface area contributed by atoms with Crippen LogP contribution in [0.1, 0.15) is 34.5 Å². The molecular weight excluding hydrogens is 539 g/mol. The second-order valence-electron chi connectivity index (χ2n) is 8.27. The van der Waals surface area contributed by atoms with Crippen molar-refractivity contribution in [3.8, 4) is 0 Å². The summed E-state index contributed by atoms with van der Waals surface area (Å²) in [6.45, 7) is 1.64. The van der Waals surface area contributed by atoms with Crippen LogP contribution in [0.4, 0.5) is 5.69 Å². The first-order chi connectivity index (χ1) is 17.7. The summed E-state index contributed by atoms with van der Waals surface area (Å²) in [6.07, 6.45) is -0.130. The highest BCUT2D eigenvalue weighted by Crippen LogP contribution is 2.33. The molecule has 194 valence electrons. The molecule has 3 aromatic rings. The Morgan fingerprint density at radius 1 is 1.08 bits per heavy atom. The Morgan fingerprint density at radius 3 is 2.43 bits per heavy atom. The van der Waals surface area contributed by atoms with Crippen molar-refractivity contribution in [2.45, 2.75) is 31.8 Å². The molecule has 0 radical (unpaired) electrons. The van der Waals surface area contributed by atoms with Crippen molar-refractivity contribution in [3.05, 3.63) is 112 Å². The van der Waals surface area contributed by atoms with E-state index in [1.807, 2.05) is 30.3 Å². The van der Waals surface area contributed by atoms with Gasteiger partial charge in [-0.05, 0) is 48.4 Å². The highest BCUT2D eigenvalue weighted by molar-refractivity contribution is 7.81. The van der Waals surface area contributed by atoms with E-state index in [9.17, 15) is 18.7 Å². The van der Waals surface area contributed by atoms with Gasteiger partial charge < -0.3 is 19.9 Å². The number of anilines is 1. The molecule has 1 heterocycles. The van der Waals surface area contributed by atoms with Crippen LogP contribution in [0, 0.1) is 0 Å². The SMILES string of the molecule is CC(NC(=O)c1ccc(Cl)cc1N(C1=COC(Cc2ccccc2)O1)S(=O)O)C(O)c1ccc(Cl)cc1. The van der Waals surface area contributed by atoms with Crippen LogP contribution in [-0.2, 0) is 27.2 Å². The largest absolute Gasteiger partial charge is 0.456 e. The van der Waals surface area contributed by atoms with E-state index in [0.717, 1.165) is 9.87 Å². The second-order valence-corrected chi connectivity index (χ2v) is 9.97. The molecule has 0 saturated carbocycles. The summed E-state index contributed by atoms with van der Waals surface area (Å²) >= 11 is 9.46. The number of ether oxygens (including phenoxy) is 2. The Labute approximate surface area is 226 Å². The smallest absolute Gasteiger partial charge is 0.269 e. The Balaban J connectivity index is 1.54. The van der Waals surface area contributed by atoms with E-state index in [1.165, 1.54) is 24.5 Å². The Hall–Kier alpha value is -3.08. The van der Waals surface area contributed by atoms with Gasteiger partial charge in [-0.25, -0.2) is 8.51 Å². The Kier molecular flexibility index (Phi) is 8.73. The first-order valence-electron chi connectivity index (χ1n) is 11.2. The fourth-order valence-electron chi connectivity index (χ4n) is 3.77. The molecule has 0 aromatic heterocycles. The molecule has 37 heavy (non-hydrogen) atoms. The maximum Gasteiger partial charge on any atom is 0.269 e. The molecule has 1 amide bonds. The lowest BCUT2D eigenvalue weighted by molar-refractivity contribution is -0.0298. The lowest BCUT2D eigenvalue weighted by atomic mass is 10.0. The first-order valence-corrected chi connectivity index (χ1v) is 13.1. The number of nitrogens with one attached hydrogen (secondary N) is 1. The van der Waals surface area contributed by atoms with Gasteiger partial charge in [0.05, 0.1) is 23.4 Å². The van der Waals surface area contributed by atoms with Crippen molar-refractivity contribution in [3.63, 3.8) is 0 Å². The molecule has 3 N–H and O–H groups in total. The van der Waals surface area contributed by atoms with Crippen LogP contribution < -0.4 is 9.62 Å². The number of carbonyl (C=O) groups is 1. The summed E-state index contributed by atoms with van der Waals surface area (Å²) in [4.78, 5) is 13.2. The summed E-state index contributed by atoms with van der Waals surface area (Å²) in [5.74, 6) is -0.657. The second kappa shape index (κ2) is 12.0.